The van der Waals surface area contributed by atoms with Crippen LogP contribution in [0, 0.1) is 12.3 Å². The number of hydrogen-bond acceptors (Lipinski definition) is 4. The van der Waals surface area contributed by atoms with Gasteiger partial charge < -0.3 is 9.57 Å². The lowest BCUT2D eigenvalue weighted by atomic mass is 10.3. The second kappa shape index (κ2) is 3.96. The summed E-state index contributed by atoms with van der Waals surface area (Å²) in [6.45, 7) is 1.92. The van der Waals surface area contributed by atoms with E-state index in [0.717, 1.165) is 0 Å². The normalized spacial score (nSPS) is 25.5. The molecule has 0 bridgehead atoms. The Morgan fingerprint density at radius 3 is 3.27 bits per heavy atom. The summed E-state index contributed by atoms with van der Waals surface area (Å²) in [5.41, 5.74) is 0. The Morgan fingerprint density at radius 1 is 1.82 bits per heavy atom. The van der Waals surface area contributed by atoms with Crippen LogP contribution in [0.25, 0.3) is 0 Å². The van der Waals surface area contributed by atoms with E-state index in [1.54, 1.807) is 0 Å². The molecule has 4 heteroatoms. The molecule has 1 atom stereocenters. The molecule has 11 heavy (non-hydrogen) atoms. The average Bonchev–Trinajstić information content (AvgIpc) is 2.06. The first-order chi connectivity index (χ1) is 5.36. The predicted molar refractivity (Wildman–Crippen MR) is 37.3 cm³/mol. The molecule has 0 saturated carbocycles. The third-order valence-electron chi connectivity index (χ3n) is 1.41. The van der Waals surface area contributed by atoms with Gasteiger partial charge in [-0.25, -0.2) is 0 Å². The van der Waals surface area contributed by atoms with Gasteiger partial charge in [0, 0.05) is 0 Å². The Bertz CT molecular complexity index is 175. The number of rotatable bonds is 2. The molecular formula is C7H9NO3. The van der Waals surface area contributed by atoms with Crippen molar-refractivity contribution in [3.05, 3.63) is 0 Å². The van der Waals surface area contributed by atoms with Crippen LogP contribution in [0.2, 0.25) is 0 Å². The highest BCUT2D eigenvalue weighted by molar-refractivity contribution is 5.36. The second-order valence-corrected chi connectivity index (χ2v) is 2.12. The molecule has 1 saturated heterocycles. The summed E-state index contributed by atoms with van der Waals surface area (Å²) in [5.74, 6) is 2.43. The zero-order valence-corrected chi connectivity index (χ0v) is 6.03. The van der Waals surface area contributed by atoms with E-state index in [4.69, 9.17) is 11.2 Å². The molecule has 60 valence electrons. The lowest BCUT2D eigenvalue weighted by Gasteiger charge is -2.27. The highest BCUT2D eigenvalue weighted by Gasteiger charge is 2.18. The largest absolute Gasteiger partial charge is 0.371 e. The van der Waals surface area contributed by atoms with E-state index in [-0.39, 0.29) is 6.10 Å². The van der Waals surface area contributed by atoms with E-state index in [1.807, 2.05) is 0 Å². The first kappa shape index (κ1) is 8.05. The van der Waals surface area contributed by atoms with Gasteiger partial charge in [0.2, 0.25) is 0 Å². The number of hydroxylamine groups is 2. The lowest BCUT2D eigenvalue weighted by Crippen LogP contribution is -2.41. The number of ether oxygens (including phenoxy) is 1. The van der Waals surface area contributed by atoms with Gasteiger partial charge in [0.25, 0.3) is 0 Å². The summed E-state index contributed by atoms with van der Waals surface area (Å²) in [6.07, 6.45) is 4.86. The monoisotopic (exact) mass is 155 g/mol. The van der Waals surface area contributed by atoms with Crippen LogP contribution >= 0.6 is 0 Å². The Labute approximate surface area is 65.0 Å². The van der Waals surface area contributed by atoms with Gasteiger partial charge in [-0.3, -0.25) is 4.79 Å². The Balaban J connectivity index is 2.34. The van der Waals surface area contributed by atoms with Crippen molar-refractivity contribution in [1.82, 2.24) is 5.06 Å². The summed E-state index contributed by atoms with van der Waals surface area (Å²) in [7, 11) is 0. The Hall–Kier alpha value is -1.05. The minimum atomic E-state index is -0.260. The number of morpholine rings is 1. The van der Waals surface area contributed by atoms with Crippen LogP contribution in [-0.4, -0.2) is 37.3 Å². The molecule has 0 aromatic heterocycles. The van der Waals surface area contributed by atoms with Gasteiger partial charge in [-0.1, -0.05) is 5.92 Å². The zero-order valence-electron chi connectivity index (χ0n) is 6.03. The lowest BCUT2D eigenvalue weighted by molar-refractivity contribution is -0.196. The molecule has 4 nitrogen and oxygen atoms in total. The SMILES string of the molecule is C#C[C@H]1CN(OC=O)CCO1. The molecule has 0 spiro atoms. The standard InChI is InChI=1S/C7H9NO3/c1-2-7-5-8(11-6-9)3-4-10-7/h1,6-7H,3-5H2/t7-/m0/s1. The molecule has 0 unspecified atom stereocenters. The van der Waals surface area contributed by atoms with Crippen LogP contribution in [0.1, 0.15) is 0 Å². The van der Waals surface area contributed by atoms with E-state index in [2.05, 4.69) is 10.8 Å². The average molecular weight is 155 g/mol. The van der Waals surface area contributed by atoms with Gasteiger partial charge in [-0.2, -0.15) is 0 Å². The van der Waals surface area contributed by atoms with E-state index in [1.165, 1.54) is 5.06 Å². The fourth-order valence-corrected chi connectivity index (χ4v) is 0.883. The molecule has 0 radical (unpaired) electrons. The smallest absolute Gasteiger partial charge is 0.312 e. The molecule has 0 N–H and O–H groups in total. The van der Waals surface area contributed by atoms with Crippen LogP contribution in [-0.2, 0) is 14.4 Å². The zero-order chi connectivity index (χ0) is 8.10. The fraction of sp³-hybridized carbons (Fsp3) is 0.571. The van der Waals surface area contributed by atoms with Gasteiger partial charge in [-0.05, 0) is 0 Å². The maximum atomic E-state index is 9.91. The number of hydrogen-bond donors (Lipinski definition) is 0. The van der Waals surface area contributed by atoms with Crippen LogP contribution in [0.5, 0.6) is 0 Å². The quantitative estimate of drug-likeness (QED) is 0.394. The molecule has 1 aliphatic rings. The van der Waals surface area contributed by atoms with E-state index in [0.29, 0.717) is 26.2 Å². The van der Waals surface area contributed by atoms with Crippen molar-refractivity contribution in [2.24, 2.45) is 0 Å². The van der Waals surface area contributed by atoms with Crippen molar-refractivity contribution >= 4 is 6.47 Å². The van der Waals surface area contributed by atoms with Gasteiger partial charge in [0.15, 0.2) is 0 Å². The Morgan fingerprint density at radius 2 is 2.64 bits per heavy atom. The summed E-state index contributed by atoms with van der Waals surface area (Å²) >= 11 is 0. The first-order valence-electron chi connectivity index (χ1n) is 3.30. The molecule has 1 heterocycles. The van der Waals surface area contributed by atoms with Crippen molar-refractivity contribution in [3.63, 3.8) is 0 Å². The topological polar surface area (TPSA) is 38.8 Å². The third-order valence-corrected chi connectivity index (χ3v) is 1.41. The van der Waals surface area contributed by atoms with Crippen molar-refractivity contribution in [3.8, 4) is 12.3 Å². The van der Waals surface area contributed by atoms with Crippen molar-refractivity contribution in [2.45, 2.75) is 6.10 Å². The van der Waals surface area contributed by atoms with Crippen LogP contribution in [0.15, 0.2) is 0 Å². The van der Waals surface area contributed by atoms with E-state index >= 15 is 0 Å². The minimum absolute atomic E-state index is 0.260. The first-order valence-corrected chi connectivity index (χ1v) is 3.30. The highest BCUT2D eigenvalue weighted by Crippen LogP contribution is 2.02. The van der Waals surface area contributed by atoms with Crippen molar-refractivity contribution in [1.29, 1.82) is 0 Å². The molecule has 1 aliphatic heterocycles. The van der Waals surface area contributed by atoms with Crippen LogP contribution < -0.4 is 0 Å². The minimum Gasteiger partial charge on any atom is -0.371 e. The van der Waals surface area contributed by atoms with Crippen molar-refractivity contribution in [2.75, 3.05) is 19.7 Å². The number of terminal acetylenes is 1. The fourth-order valence-electron chi connectivity index (χ4n) is 0.883. The number of nitrogens with zero attached hydrogens (tertiary/aromatic N) is 1. The summed E-state index contributed by atoms with van der Waals surface area (Å²) in [6, 6.07) is 0. The predicted octanol–water partition coefficient (Wildman–Crippen LogP) is -0.592. The van der Waals surface area contributed by atoms with Crippen molar-refractivity contribution < 1.29 is 14.4 Å². The van der Waals surface area contributed by atoms with Gasteiger partial charge in [-0.15, -0.1) is 11.5 Å². The maximum absolute atomic E-state index is 9.91. The van der Waals surface area contributed by atoms with E-state index < -0.39 is 0 Å². The summed E-state index contributed by atoms with van der Waals surface area (Å²) in [5, 5.41) is 1.49. The van der Waals surface area contributed by atoms with Crippen LogP contribution in [0.4, 0.5) is 0 Å². The number of carbonyl (C=O) groups excluding carboxylic acids is 1. The molecule has 0 aliphatic carbocycles. The molecular weight excluding hydrogens is 146 g/mol. The van der Waals surface area contributed by atoms with Gasteiger partial charge >= 0.3 is 6.47 Å². The molecule has 0 amide bonds. The number of carbonyl (C=O) groups is 1. The molecule has 0 aromatic rings. The van der Waals surface area contributed by atoms with Gasteiger partial charge in [0.05, 0.1) is 19.7 Å². The Kier molecular flexibility index (Phi) is 2.90. The second-order valence-electron chi connectivity index (χ2n) is 2.12. The van der Waals surface area contributed by atoms with E-state index in [9.17, 15) is 4.79 Å². The summed E-state index contributed by atoms with van der Waals surface area (Å²) in [4.78, 5) is 14.5. The molecule has 1 fully saturated rings. The molecule has 1 rings (SSSR count). The molecule has 0 aromatic carbocycles. The van der Waals surface area contributed by atoms with Crippen LogP contribution in [0.3, 0.4) is 0 Å². The van der Waals surface area contributed by atoms with Gasteiger partial charge in [0.1, 0.15) is 6.10 Å². The third kappa shape index (κ3) is 2.22. The summed E-state index contributed by atoms with van der Waals surface area (Å²) < 4.78 is 5.13. The maximum Gasteiger partial charge on any atom is 0.312 e. The highest BCUT2D eigenvalue weighted by atomic mass is 16.7.